The standard InChI is InChI=1S/C28H52O4/c1-27(2,3)31-25(29)23-21-19-17-15-13-11-9-7-8-10-12-14-16-18-20-22-24-26(30)32-28(4,5)6/h9,11H,7-8,10,12-24H2,1-6H3/b11-9+. The summed E-state index contributed by atoms with van der Waals surface area (Å²) in [5, 5.41) is 0. The van der Waals surface area contributed by atoms with Crippen molar-refractivity contribution in [2.24, 2.45) is 0 Å². The van der Waals surface area contributed by atoms with Crippen molar-refractivity contribution in [3.63, 3.8) is 0 Å². The first-order valence-corrected chi connectivity index (χ1v) is 13.1. The fraction of sp³-hybridized carbons (Fsp3) is 0.857. The minimum atomic E-state index is -0.369. The van der Waals surface area contributed by atoms with Crippen LogP contribution in [0, 0.1) is 0 Å². The van der Waals surface area contributed by atoms with Gasteiger partial charge in [-0.3, -0.25) is 9.59 Å². The summed E-state index contributed by atoms with van der Waals surface area (Å²) in [5.74, 6) is -0.139. The van der Waals surface area contributed by atoms with Crippen molar-refractivity contribution in [1.82, 2.24) is 0 Å². The average molecular weight is 453 g/mol. The molecule has 0 radical (unpaired) electrons. The predicted molar refractivity (Wildman–Crippen MR) is 135 cm³/mol. The van der Waals surface area contributed by atoms with Gasteiger partial charge in [0.15, 0.2) is 0 Å². The number of ether oxygens (including phenoxy) is 2. The number of rotatable bonds is 18. The van der Waals surface area contributed by atoms with Crippen LogP contribution in [-0.2, 0) is 19.1 Å². The molecule has 0 amide bonds. The number of carbonyl (C=O) groups is 2. The summed E-state index contributed by atoms with van der Waals surface area (Å²) in [6.45, 7) is 11.5. The molecule has 0 aromatic rings. The smallest absolute Gasteiger partial charge is 0.306 e. The van der Waals surface area contributed by atoms with Crippen LogP contribution in [0.1, 0.15) is 144 Å². The van der Waals surface area contributed by atoms with E-state index in [0.717, 1.165) is 32.1 Å². The maximum Gasteiger partial charge on any atom is 0.306 e. The van der Waals surface area contributed by atoms with Gasteiger partial charge in [-0.05, 0) is 80.1 Å². The highest BCUT2D eigenvalue weighted by atomic mass is 16.6. The molecule has 32 heavy (non-hydrogen) atoms. The zero-order chi connectivity index (χ0) is 24.3. The van der Waals surface area contributed by atoms with E-state index in [1.807, 2.05) is 41.5 Å². The molecule has 0 rings (SSSR count). The lowest BCUT2D eigenvalue weighted by Gasteiger charge is -2.19. The van der Waals surface area contributed by atoms with E-state index in [2.05, 4.69) is 12.2 Å². The topological polar surface area (TPSA) is 52.6 Å². The summed E-state index contributed by atoms with van der Waals surface area (Å²) in [6.07, 6.45) is 22.3. The Morgan fingerprint density at radius 2 is 0.781 bits per heavy atom. The average Bonchev–Trinajstić information content (AvgIpc) is 2.64. The van der Waals surface area contributed by atoms with Crippen LogP contribution in [0.15, 0.2) is 12.2 Å². The van der Waals surface area contributed by atoms with Gasteiger partial charge >= 0.3 is 11.9 Å². The third kappa shape index (κ3) is 24.9. The molecule has 0 aromatic carbocycles. The molecule has 0 fully saturated rings. The summed E-state index contributed by atoms with van der Waals surface area (Å²) in [5.41, 5.74) is -0.733. The largest absolute Gasteiger partial charge is 0.460 e. The SMILES string of the molecule is CC(C)(C)OC(=O)CCCCCC/C=C/CCCCCCCCCCC(=O)OC(C)(C)C. The van der Waals surface area contributed by atoms with Crippen LogP contribution >= 0.6 is 0 Å². The van der Waals surface area contributed by atoms with E-state index in [1.54, 1.807) is 0 Å². The number of allylic oxidation sites excluding steroid dienone is 2. The zero-order valence-corrected chi connectivity index (χ0v) is 22.1. The van der Waals surface area contributed by atoms with Gasteiger partial charge in [-0.1, -0.05) is 63.5 Å². The molecule has 4 heteroatoms. The summed E-state index contributed by atoms with van der Waals surface area (Å²) in [6, 6.07) is 0. The van der Waals surface area contributed by atoms with Crippen molar-refractivity contribution in [3.8, 4) is 0 Å². The van der Waals surface area contributed by atoms with Gasteiger partial charge in [-0.25, -0.2) is 0 Å². The fourth-order valence-electron chi connectivity index (χ4n) is 3.50. The molecule has 0 atom stereocenters. The maximum atomic E-state index is 11.6. The van der Waals surface area contributed by atoms with Gasteiger partial charge in [0.2, 0.25) is 0 Å². The van der Waals surface area contributed by atoms with Crippen molar-refractivity contribution in [2.45, 2.75) is 155 Å². The van der Waals surface area contributed by atoms with Crippen LogP contribution in [0.4, 0.5) is 0 Å². The Hall–Kier alpha value is -1.32. The monoisotopic (exact) mass is 452 g/mol. The van der Waals surface area contributed by atoms with Crippen LogP contribution in [0.5, 0.6) is 0 Å². The molecule has 0 unspecified atom stereocenters. The Bertz CT molecular complexity index is 509. The number of hydrogen-bond acceptors (Lipinski definition) is 4. The third-order valence-corrected chi connectivity index (χ3v) is 5.01. The molecule has 0 aliphatic heterocycles. The summed E-state index contributed by atoms with van der Waals surface area (Å²) >= 11 is 0. The van der Waals surface area contributed by atoms with Gasteiger partial charge in [0.05, 0.1) is 0 Å². The highest BCUT2D eigenvalue weighted by Gasteiger charge is 2.16. The molecule has 0 spiro atoms. The summed E-state index contributed by atoms with van der Waals surface area (Å²) in [4.78, 5) is 23.3. The van der Waals surface area contributed by atoms with Crippen LogP contribution in [-0.4, -0.2) is 23.1 Å². The molecule has 4 nitrogen and oxygen atoms in total. The lowest BCUT2D eigenvalue weighted by atomic mass is 10.1. The summed E-state index contributed by atoms with van der Waals surface area (Å²) < 4.78 is 10.6. The third-order valence-electron chi connectivity index (χ3n) is 5.01. The number of carbonyl (C=O) groups excluding carboxylic acids is 2. The molecular weight excluding hydrogens is 400 g/mol. The molecule has 0 aromatic heterocycles. The molecule has 0 bridgehead atoms. The Balaban J connectivity index is 3.32. The zero-order valence-electron chi connectivity index (χ0n) is 22.1. The van der Waals surface area contributed by atoms with Gasteiger partial charge in [-0.15, -0.1) is 0 Å². The van der Waals surface area contributed by atoms with E-state index in [9.17, 15) is 9.59 Å². The van der Waals surface area contributed by atoms with E-state index in [-0.39, 0.29) is 23.1 Å². The Morgan fingerprint density at radius 1 is 0.500 bits per heavy atom. The summed E-state index contributed by atoms with van der Waals surface area (Å²) in [7, 11) is 0. The minimum Gasteiger partial charge on any atom is -0.460 e. The number of esters is 2. The molecule has 0 aliphatic rings. The van der Waals surface area contributed by atoms with Crippen molar-refractivity contribution in [3.05, 3.63) is 12.2 Å². The van der Waals surface area contributed by atoms with Gasteiger partial charge in [-0.2, -0.15) is 0 Å². The second kappa shape index (κ2) is 18.1. The molecule has 0 heterocycles. The van der Waals surface area contributed by atoms with Crippen LogP contribution < -0.4 is 0 Å². The van der Waals surface area contributed by atoms with E-state index in [1.165, 1.54) is 57.8 Å². The predicted octanol–water partition coefficient (Wildman–Crippen LogP) is 8.47. The molecule has 188 valence electrons. The second-order valence-corrected chi connectivity index (χ2v) is 11.0. The highest BCUT2D eigenvalue weighted by Crippen LogP contribution is 2.14. The first kappa shape index (κ1) is 30.7. The van der Waals surface area contributed by atoms with Crippen LogP contribution in [0.2, 0.25) is 0 Å². The van der Waals surface area contributed by atoms with E-state index >= 15 is 0 Å². The normalized spacial score (nSPS) is 12.3. The van der Waals surface area contributed by atoms with E-state index in [4.69, 9.17) is 9.47 Å². The first-order chi connectivity index (χ1) is 15.0. The van der Waals surface area contributed by atoms with Crippen molar-refractivity contribution < 1.29 is 19.1 Å². The molecule has 0 N–H and O–H groups in total. The van der Waals surface area contributed by atoms with E-state index in [0.29, 0.717) is 12.8 Å². The van der Waals surface area contributed by atoms with Crippen LogP contribution in [0.25, 0.3) is 0 Å². The Labute approximate surface area is 198 Å². The maximum absolute atomic E-state index is 11.6. The fourth-order valence-corrected chi connectivity index (χ4v) is 3.50. The van der Waals surface area contributed by atoms with E-state index < -0.39 is 0 Å². The quantitative estimate of drug-likeness (QED) is 0.119. The van der Waals surface area contributed by atoms with Gasteiger partial charge in [0.25, 0.3) is 0 Å². The lowest BCUT2D eigenvalue weighted by Crippen LogP contribution is -2.23. The Morgan fingerprint density at radius 3 is 1.09 bits per heavy atom. The van der Waals surface area contributed by atoms with Crippen LogP contribution in [0.3, 0.4) is 0 Å². The minimum absolute atomic E-state index is 0.0660. The lowest BCUT2D eigenvalue weighted by molar-refractivity contribution is -0.156. The molecule has 0 aliphatic carbocycles. The number of unbranched alkanes of at least 4 members (excludes halogenated alkanes) is 12. The van der Waals surface area contributed by atoms with Crippen molar-refractivity contribution in [1.29, 1.82) is 0 Å². The Kier molecular flexibility index (Phi) is 17.4. The van der Waals surface area contributed by atoms with Crippen molar-refractivity contribution in [2.75, 3.05) is 0 Å². The van der Waals surface area contributed by atoms with Gasteiger partial charge < -0.3 is 9.47 Å². The molecule has 0 saturated carbocycles. The molecular formula is C28H52O4. The van der Waals surface area contributed by atoms with Gasteiger partial charge in [0, 0.05) is 12.8 Å². The van der Waals surface area contributed by atoms with Gasteiger partial charge in [0.1, 0.15) is 11.2 Å². The first-order valence-electron chi connectivity index (χ1n) is 13.1. The second-order valence-electron chi connectivity index (χ2n) is 11.0. The highest BCUT2D eigenvalue weighted by molar-refractivity contribution is 5.70. The van der Waals surface area contributed by atoms with Crippen molar-refractivity contribution >= 4 is 11.9 Å². The molecule has 0 saturated heterocycles. The number of hydrogen-bond donors (Lipinski definition) is 0.